The highest BCUT2D eigenvalue weighted by Gasteiger charge is 2.48. The molecule has 9 nitrogen and oxygen atoms in total. The zero-order chi connectivity index (χ0) is 22.1. The molecule has 1 aromatic heterocycles. The van der Waals surface area contributed by atoms with Crippen molar-refractivity contribution in [1.82, 2.24) is 24.0 Å². The van der Waals surface area contributed by atoms with E-state index in [1.165, 1.54) is 40.4 Å². The summed E-state index contributed by atoms with van der Waals surface area (Å²) in [5, 5.41) is 13.9. The van der Waals surface area contributed by atoms with Gasteiger partial charge in [0.15, 0.2) is 0 Å². The number of rotatable bonds is 6. The van der Waals surface area contributed by atoms with Gasteiger partial charge in [0.25, 0.3) is 0 Å². The minimum atomic E-state index is -4.12. The number of halogens is 2. The van der Waals surface area contributed by atoms with Crippen LogP contribution in [0.2, 0.25) is 0 Å². The summed E-state index contributed by atoms with van der Waals surface area (Å²) in [6, 6.07) is 2.57. The quantitative estimate of drug-likeness (QED) is 0.689. The van der Waals surface area contributed by atoms with Crippen LogP contribution in [0.4, 0.5) is 8.78 Å². The van der Waals surface area contributed by atoms with Crippen LogP contribution in [0.25, 0.3) is 0 Å². The summed E-state index contributed by atoms with van der Waals surface area (Å²) in [6.45, 7) is 2.80. The minimum absolute atomic E-state index is 0.0531. The number of aliphatic hydroxyl groups is 1. The Morgan fingerprint density at radius 3 is 2.47 bits per heavy atom. The second kappa shape index (κ2) is 8.36. The van der Waals surface area contributed by atoms with Crippen molar-refractivity contribution < 1.29 is 27.1 Å². The topological polar surface area (TPSA) is 109 Å². The van der Waals surface area contributed by atoms with Gasteiger partial charge in [0.2, 0.25) is 15.9 Å². The number of hydrogen-bond donors (Lipinski definition) is 1. The summed E-state index contributed by atoms with van der Waals surface area (Å²) in [7, 11) is -4.12. The van der Waals surface area contributed by atoms with Crippen molar-refractivity contribution >= 4 is 15.9 Å². The van der Waals surface area contributed by atoms with E-state index in [2.05, 4.69) is 10.1 Å². The van der Waals surface area contributed by atoms with Gasteiger partial charge < -0.3 is 10.0 Å². The number of aromatic nitrogens is 3. The van der Waals surface area contributed by atoms with E-state index in [4.69, 9.17) is 0 Å². The molecule has 2 atom stereocenters. The molecule has 1 aliphatic rings. The van der Waals surface area contributed by atoms with Gasteiger partial charge in [-0.15, -0.1) is 0 Å². The molecule has 1 aromatic carbocycles. The van der Waals surface area contributed by atoms with Crippen molar-refractivity contribution in [2.45, 2.75) is 31.2 Å². The molecule has 0 bridgehead atoms. The van der Waals surface area contributed by atoms with Crippen LogP contribution in [0.5, 0.6) is 0 Å². The largest absolute Gasteiger partial charge is 0.382 e. The number of sulfonamides is 1. The first-order valence-electron chi connectivity index (χ1n) is 9.30. The van der Waals surface area contributed by atoms with Crippen molar-refractivity contribution in [3.63, 3.8) is 0 Å². The van der Waals surface area contributed by atoms with Gasteiger partial charge in [-0.3, -0.25) is 4.79 Å². The highest BCUT2D eigenvalue weighted by atomic mass is 32.2. The van der Waals surface area contributed by atoms with Crippen molar-refractivity contribution in [3.8, 4) is 0 Å². The Balaban J connectivity index is 1.97. The summed E-state index contributed by atoms with van der Waals surface area (Å²) in [5.41, 5.74) is -2.62. The summed E-state index contributed by atoms with van der Waals surface area (Å²) in [6.07, 6.45) is 2.46. The molecule has 0 unspecified atom stereocenters. The Bertz CT molecular complexity index is 1010. The van der Waals surface area contributed by atoms with Crippen molar-refractivity contribution in [1.29, 1.82) is 0 Å². The van der Waals surface area contributed by atoms with Crippen molar-refractivity contribution in [2.75, 3.05) is 26.2 Å². The maximum absolute atomic E-state index is 14.6. The van der Waals surface area contributed by atoms with Crippen LogP contribution in [0, 0.1) is 11.6 Å². The van der Waals surface area contributed by atoms with Crippen LogP contribution in [0.1, 0.15) is 19.4 Å². The van der Waals surface area contributed by atoms with Crippen molar-refractivity contribution in [3.05, 3.63) is 48.1 Å². The summed E-state index contributed by atoms with van der Waals surface area (Å²) in [4.78, 5) is 16.8. The van der Waals surface area contributed by atoms with Crippen LogP contribution in [0.3, 0.4) is 0 Å². The Morgan fingerprint density at radius 2 is 1.93 bits per heavy atom. The Hall–Kier alpha value is -2.44. The Morgan fingerprint density at radius 1 is 1.27 bits per heavy atom. The normalized spacial score (nSPS) is 18.8. The van der Waals surface area contributed by atoms with E-state index in [0.717, 1.165) is 12.1 Å². The van der Waals surface area contributed by atoms with E-state index < -0.39 is 39.1 Å². The van der Waals surface area contributed by atoms with Gasteiger partial charge in [-0.1, -0.05) is 6.07 Å². The highest BCUT2D eigenvalue weighted by molar-refractivity contribution is 7.89. The van der Waals surface area contributed by atoms with E-state index in [1.54, 1.807) is 0 Å². The second-order valence-electron chi connectivity index (χ2n) is 7.23. The fourth-order valence-corrected chi connectivity index (χ4v) is 5.38. The van der Waals surface area contributed by atoms with Crippen LogP contribution >= 0.6 is 0 Å². The van der Waals surface area contributed by atoms with Gasteiger partial charge in [-0.2, -0.15) is 9.40 Å². The third-order valence-electron chi connectivity index (χ3n) is 5.43. The third kappa shape index (κ3) is 4.20. The Labute approximate surface area is 173 Å². The van der Waals surface area contributed by atoms with Gasteiger partial charge in [-0.25, -0.2) is 26.9 Å². The smallest absolute Gasteiger partial charge is 0.220 e. The standard InChI is InChI=1S/C18H23F2N5O4S/c1-13(30(28,29)25-7-5-23(6-8-25)14(2)26)18(27,10-24-12-21-11-22-24)16-4-3-15(19)9-17(16)20/h3-4,9,11-13,27H,5-8,10H2,1-2H3/t13-,18-/m1/s1. The molecule has 0 aliphatic carbocycles. The van der Waals surface area contributed by atoms with Crippen LogP contribution in [-0.4, -0.2) is 74.8 Å². The van der Waals surface area contributed by atoms with Crippen LogP contribution in [0.15, 0.2) is 30.9 Å². The zero-order valence-electron chi connectivity index (χ0n) is 16.6. The summed E-state index contributed by atoms with van der Waals surface area (Å²) >= 11 is 0. The molecule has 2 heterocycles. The third-order valence-corrected chi connectivity index (χ3v) is 7.80. The van der Waals surface area contributed by atoms with E-state index in [1.807, 2.05) is 0 Å². The molecule has 1 saturated heterocycles. The molecule has 12 heteroatoms. The lowest BCUT2D eigenvalue weighted by molar-refractivity contribution is -0.130. The molecular formula is C18H23F2N5O4S. The van der Waals surface area contributed by atoms with Crippen LogP contribution in [-0.2, 0) is 27.0 Å². The molecule has 2 aromatic rings. The SMILES string of the molecule is CC(=O)N1CCN(S(=O)(=O)[C@H](C)[C@](O)(Cn2cncn2)c2ccc(F)cc2F)CC1. The molecule has 0 spiro atoms. The Kier molecular flexibility index (Phi) is 6.20. The maximum Gasteiger partial charge on any atom is 0.220 e. The molecule has 1 amide bonds. The van der Waals surface area contributed by atoms with Gasteiger partial charge in [0, 0.05) is 44.7 Å². The molecule has 164 valence electrons. The lowest BCUT2D eigenvalue weighted by Gasteiger charge is -2.39. The summed E-state index contributed by atoms with van der Waals surface area (Å²) < 4.78 is 57.0. The van der Waals surface area contributed by atoms with E-state index >= 15 is 0 Å². The lowest BCUT2D eigenvalue weighted by atomic mass is 9.90. The zero-order valence-corrected chi connectivity index (χ0v) is 17.4. The second-order valence-corrected chi connectivity index (χ2v) is 9.49. The average Bonchev–Trinajstić information content (AvgIpc) is 3.20. The predicted molar refractivity (Wildman–Crippen MR) is 102 cm³/mol. The lowest BCUT2D eigenvalue weighted by Crippen LogP contribution is -2.56. The number of benzene rings is 1. The molecule has 30 heavy (non-hydrogen) atoms. The first kappa shape index (κ1) is 22.2. The fourth-order valence-electron chi connectivity index (χ4n) is 3.56. The molecule has 0 radical (unpaired) electrons. The molecule has 3 rings (SSSR count). The molecule has 1 fully saturated rings. The molecule has 1 N–H and O–H groups in total. The van der Waals surface area contributed by atoms with E-state index in [-0.39, 0.29) is 37.6 Å². The van der Waals surface area contributed by atoms with Gasteiger partial charge >= 0.3 is 0 Å². The van der Waals surface area contributed by atoms with Gasteiger partial charge in [0.05, 0.1) is 6.54 Å². The number of carbonyl (C=O) groups excluding carboxylic acids is 1. The molecule has 1 aliphatic heterocycles. The van der Waals surface area contributed by atoms with Crippen molar-refractivity contribution in [2.24, 2.45) is 0 Å². The highest BCUT2D eigenvalue weighted by Crippen LogP contribution is 2.35. The number of amides is 1. The molecular weight excluding hydrogens is 420 g/mol. The van der Waals surface area contributed by atoms with Gasteiger partial charge in [0.1, 0.15) is 35.1 Å². The molecule has 0 saturated carbocycles. The van der Waals surface area contributed by atoms with Crippen LogP contribution < -0.4 is 0 Å². The average molecular weight is 443 g/mol. The number of carbonyl (C=O) groups is 1. The minimum Gasteiger partial charge on any atom is -0.382 e. The van der Waals surface area contributed by atoms with E-state index in [9.17, 15) is 27.1 Å². The number of piperazine rings is 1. The summed E-state index contributed by atoms with van der Waals surface area (Å²) in [5.74, 6) is -2.08. The number of hydrogen-bond acceptors (Lipinski definition) is 6. The maximum atomic E-state index is 14.6. The monoisotopic (exact) mass is 443 g/mol. The van der Waals surface area contributed by atoms with E-state index in [0.29, 0.717) is 6.07 Å². The van der Waals surface area contributed by atoms with Gasteiger partial charge in [-0.05, 0) is 13.0 Å². The first-order valence-corrected chi connectivity index (χ1v) is 10.8. The first-order chi connectivity index (χ1) is 14.1. The fraction of sp³-hybridized carbons (Fsp3) is 0.500. The number of nitrogens with zero attached hydrogens (tertiary/aromatic N) is 5. The predicted octanol–water partition coefficient (Wildman–Crippen LogP) is 0.327.